The molecule has 0 aliphatic heterocycles. The lowest BCUT2D eigenvalue weighted by Crippen LogP contribution is -2.14. The third kappa shape index (κ3) is 3.33. The Morgan fingerprint density at radius 1 is 1.26 bits per heavy atom. The molecule has 0 spiro atoms. The monoisotopic (exact) mass is 384 g/mol. The zero-order chi connectivity index (χ0) is 16.6. The van der Waals surface area contributed by atoms with Crippen LogP contribution in [-0.2, 0) is 10.0 Å². The van der Waals surface area contributed by atoms with Gasteiger partial charge in [-0.1, -0.05) is 29.4 Å². The molecule has 8 heteroatoms. The number of benzene rings is 2. The van der Waals surface area contributed by atoms with Gasteiger partial charge in [0.2, 0.25) is 0 Å². The zero-order valence-corrected chi connectivity index (χ0v) is 15.5. The minimum Gasteiger partial charge on any atom is -0.280 e. The first-order valence-corrected chi connectivity index (χ1v) is 10.5. The highest BCUT2D eigenvalue weighted by molar-refractivity contribution is 8.00. The Hall–Kier alpha value is -1.28. The Bertz CT molecular complexity index is 984. The quantitative estimate of drug-likeness (QED) is 0.657. The summed E-state index contributed by atoms with van der Waals surface area (Å²) >= 11 is 9.12. The summed E-state index contributed by atoms with van der Waals surface area (Å²) in [7, 11) is -3.69. The summed E-state index contributed by atoms with van der Waals surface area (Å²) in [6.07, 6.45) is 1.96. The number of aromatic nitrogens is 1. The smallest absolute Gasteiger partial charge is 0.262 e. The first-order valence-electron chi connectivity index (χ1n) is 6.63. The highest BCUT2D eigenvalue weighted by Gasteiger charge is 2.18. The molecule has 0 saturated heterocycles. The molecule has 0 saturated carbocycles. The van der Waals surface area contributed by atoms with Crippen molar-refractivity contribution in [2.45, 2.75) is 16.2 Å². The van der Waals surface area contributed by atoms with E-state index >= 15 is 0 Å². The molecule has 0 aliphatic rings. The molecule has 0 fully saturated rings. The van der Waals surface area contributed by atoms with Crippen molar-refractivity contribution in [1.82, 2.24) is 4.98 Å². The molecular weight excluding hydrogens is 372 g/mol. The first kappa shape index (κ1) is 16.6. The summed E-state index contributed by atoms with van der Waals surface area (Å²) in [5, 5.41) is 0.426. The van der Waals surface area contributed by atoms with Crippen LogP contribution in [0.15, 0.2) is 45.6 Å². The molecule has 3 rings (SSSR count). The lowest BCUT2D eigenvalue weighted by Gasteiger charge is -2.11. The second kappa shape index (κ2) is 6.32. The molecule has 1 heterocycles. The molecule has 0 unspecified atom stereocenters. The van der Waals surface area contributed by atoms with E-state index < -0.39 is 10.0 Å². The number of hydrogen-bond donors (Lipinski definition) is 1. The van der Waals surface area contributed by atoms with E-state index in [0.717, 1.165) is 14.6 Å². The maximum absolute atomic E-state index is 12.6. The van der Waals surface area contributed by atoms with Crippen LogP contribution in [0.4, 0.5) is 5.69 Å². The number of thioether (sulfide) groups is 1. The molecule has 0 radical (unpaired) electrons. The Labute approximate surface area is 147 Å². The van der Waals surface area contributed by atoms with Gasteiger partial charge in [0.05, 0.1) is 20.8 Å². The van der Waals surface area contributed by atoms with Crippen LogP contribution in [0, 0.1) is 6.92 Å². The number of hydrogen-bond acceptors (Lipinski definition) is 5. The average molecular weight is 385 g/mol. The van der Waals surface area contributed by atoms with Crippen molar-refractivity contribution in [2.75, 3.05) is 11.0 Å². The Morgan fingerprint density at radius 3 is 2.78 bits per heavy atom. The lowest BCUT2D eigenvalue weighted by atomic mass is 10.2. The van der Waals surface area contributed by atoms with Crippen molar-refractivity contribution in [3.05, 3.63) is 47.0 Å². The fourth-order valence-electron chi connectivity index (χ4n) is 2.14. The van der Waals surface area contributed by atoms with E-state index in [0.29, 0.717) is 16.3 Å². The second-order valence-corrected chi connectivity index (χ2v) is 8.98. The molecule has 3 aromatic rings. The highest BCUT2D eigenvalue weighted by Crippen LogP contribution is 2.31. The van der Waals surface area contributed by atoms with Crippen molar-refractivity contribution < 1.29 is 8.42 Å². The van der Waals surface area contributed by atoms with E-state index in [4.69, 9.17) is 11.6 Å². The van der Waals surface area contributed by atoms with E-state index in [9.17, 15) is 8.42 Å². The maximum Gasteiger partial charge on any atom is 0.262 e. The molecule has 2 aromatic carbocycles. The Morgan fingerprint density at radius 2 is 2.04 bits per heavy atom. The van der Waals surface area contributed by atoms with Gasteiger partial charge in [0.25, 0.3) is 10.0 Å². The number of anilines is 1. The third-order valence-electron chi connectivity index (χ3n) is 3.30. The zero-order valence-electron chi connectivity index (χ0n) is 12.3. The van der Waals surface area contributed by atoms with Gasteiger partial charge in [-0.25, -0.2) is 13.4 Å². The summed E-state index contributed by atoms with van der Waals surface area (Å²) in [6.45, 7) is 1.69. The highest BCUT2D eigenvalue weighted by atomic mass is 35.5. The number of nitrogens with zero attached hydrogens (tertiary/aromatic N) is 1. The van der Waals surface area contributed by atoms with E-state index in [1.165, 1.54) is 11.3 Å². The topological polar surface area (TPSA) is 59.1 Å². The first-order chi connectivity index (χ1) is 10.9. The van der Waals surface area contributed by atoms with Crippen molar-refractivity contribution in [2.24, 2.45) is 0 Å². The molecule has 1 aromatic heterocycles. The average Bonchev–Trinajstić information content (AvgIpc) is 2.91. The van der Waals surface area contributed by atoms with Crippen LogP contribution in [-0.4, -0.2) is 19.7 Å². The predicted octanol–water partition coefficient (Wildman–Crippen LogP) is 4.78. The molecular formula is C15H13ClN2O2S3. The normalized spacial score (nSPS) is 11.8. The van der Waals surface area contributed by atoms with Crippen molar-refractivity contribution >= 4 is 60.6 Å². The maximum atomic E-state index is 12.6. The van der Waals surface area contributed by atoms with Gasteiger partial charge in [0.1, 0.15) is 0 Å². The lowest BCUT2D eigenvalue weighted by molar-refractivity contribution is 0.600. The summed E-state index contributed by atoms with van der Waals surface area (Å²) in [4.78, 5) is 4.62. The van der Waals surface area contributed by atoms with Gasteiger partial charge in [-0.05, 0) is 49.1 Å². The van der Waals surface area contributed by atoms with Crippen LogP contribution in [0.2, 0.25) is 5.02 Å². The number of thiazole rings is 1. The minimum absolute atomic E-state index is 0.180. The number of sulfonamides is 1. The Kier molecular flexibility index (Phi) is 4.55. The van der Waals surface area contributed by atoms with Gasteiger partial charge in [-0.2, -0.15) is 0 Å². The van der Waals surface area contributed by atoms with Gasteiger partial charge < -0.3 is 0 Å². The van der Waals surface area contributed by atoms with Crippen LogP contribution in [0.3, 0.4) is 0 Å². The van der Waals surface area contributed by atoms with Crippen molar-refractivity contribution in [3.8, 4) is 0 Å². The van der Waals surface area contributed by atoms with Gasteiger partial charge in [-0.15, -0.1) is 11.3 Å². The van der Waals surface area contributed by atoms with Crippen LogP contribution >= 0.6 is 34.7 Å². The summed E-state index contributed by atoms with van der Waals surface area (Å²) < 4.78 is 29.7. The molecule has 0 amide bonds. The molecule has 0 bridgehead atoms. The molecule has 23 heavy (non-hydrogen) atoms. The molecule has 1 N–H and O–H groups in total. The van der Waals surface area contributed by atoms with E-state index in [-0.39, 0.29) is 4.90 Å². The fourth-order valence-corrected chi connectivity index (χ4v) is 5.22. The number of nitrogens with one attached hydrogen (secondary N) is 1. The molecule has 0 atom stereocenters. The standard InChI is InChI=1S/C15H13ClN2O2S3/c1-9-11(16)4-3-5-14(9)23(19,20)18-10-6-7-12-13(8-10)22-15(17-12)21-2/h3-8,18H,1-2H3. The summed E-state index contributed by atoms with van der Waals surface area (Å²) in [5.41, 5.74) is 1.90. The van der Waals surface area contributed by atoms with Gasteiger partial charge in [0.15, 0.2) is 4.34 Å². The van der Waals surface area contributed by atoms with Gasteiger partial charge >= 0.3 is 0 Å². The van der Waals surface area contributed by atoms with Crippen LogP contribution in [0.25, 0.3) is 10.2 Å². The largest absolute Gasteiger partial charge is 0.280 e. The van der Waals surface area contributed by atoms with Gasteiger partial charge in [0, 0.05) is 5.02 Å². The Balaban J connectivity index is 1.98. The number of rotatable bonds is 4. The van der Waals surface area contributed by atoms with E-state index in [1.807, 2.05) is 12.3 Å². The molecule has 4 nitrogen and oxygen atoms in total. The predicted molar refractivity (Wildman–Crippen MR) is 98.4 cm³/mol. The van der Waals surface area contributed by atoms with Crippen molar-refractivity contribution in [3.63, 3.8) is 0 Å². The third-order valence-corrected chi connectivity index (χ3v) is 7.24. The number of fused-ring (bicyclic) bond motifs is 1. The SMILES string of the molecule is CSc1nc2ccc(NS(=O)(=O)c3cccc(Cl)c3C)cc2s1. The second-order valence-electron chi connectivity index (χ2n) is 4.83. The van der Waals surface area contributed by atoms with Gasteiger partial charge in [-0.3, -0.25) is 4.72 Å². The van der Waals surface area contributed by atoms with Crippen LogP contribution in [0.1, 0.15) is 5.56 Å². The summed E-state index contributed by atoms with van der Waals surface area (Å²) in [5.74, 6) is 0. The van der Waals surface area contributed by atoms with Crippen LogP contribution < -0.4 is 4.72 Å². The number of halogens is 1. The van der Waals surface area contributed by atoms with E-state index in [1.54, 1.807) is 49.0 Å². The molecule has 0 aliphatic carbocycles. The summed E-state index contributed by atoms with van der Waals surface area (Å²) in [6, 6.07) is 10.2. The van der Waals surface area contributed by atoms with Crippen molar-refractivity contribution in [1.29, 1.82) is 0 Å². The van der Waals surface area contributed by atoms with Crippen LogP contribution in [0.5, 0.6) is 0 Å². The molecule has 120 valence electrons. The minimum atomic E-state index is -3.69. The fraction of sp³-hybridized carbons (Fsp3) is 0.133. The van der Waals surface area contributed by atoms with E-state index in [2.05, 4.69) is 9.71 Å².